The zero-order valence-corrected chi connectivity index (χ0v) is 11.0. The van der Waals surface area contributed by atoms with Crippen LogP contribution in [0.5, 0.6) is 0 Å². The van der Waals surface area contributed by atoms with Gasteiger partial charge in [-0.2, -0.15) is 5.10 Å². The summed E-state index contributed by atoms with van der Waals surface area (Å²) < 4.78 is 6.58. The number of hydrogen-bond acceptors (Lipinski definition) is 3. The van der Waals surface area contributed by atoms with Gasteiger partial charge in [0.2, 0.25) is 0 Å². The average molecular weight is 256 g/mol. The lowest BCUT2D eigenvalue weighted by Crippen LogP contribution is -2.05. The molecule has 0 spiro atoms. The molecule has 19 heavy (non-hydrogen) atoms. The molecule has 0 bridgehead atoms. The van der Waals surface area contributed by atoms with Gasteiger partial charge in [-0.3, -0.25) is 4.68 Å². The summed E-state index contributed by atoms with van der Waals surface area (Å²) in [6, 6.07) is 11.7. The Kier molecular flexibility index (Phi) is 4.13. The molecule has 0 radical (unpaired) electrons. The highest BCUT2D eigenvalue weighted by atomic mass is 16.5. The summed E-state index contributed by atoms with van der Waals surface area (Å²) in [6.07, 6.45) is 3.90. The number of carbonyl (C=O) groups is 1. The summed E-state index contributed by atoms with van der Waals surface area (Å²) in [5.41, 5.74) is 2.28. The second-order valence-corrected chi connectivity index (χ2v) is 4.04. The van der Waals surface area contributed by atoms with Gasteiger partial charge in [0.15, 0.2) is 5.69 Å². The van der Waals surface area contributed by atoms with Crippen molar-refractivity contribution in [2.75, 3.05) is 6.61 Å². The number of ether oxygens (including phenoxy) is 1. The highest BCUT2D eigenvalue weighted by molar-refractivity contribution is 5.88. The lowest BCUT2D eigenvalue weighted by Gasteiger charge is -1.95. The fourth-order valence-corrected chi connectivity index (χ4v) is 1.69. The van der Waals surface area contributed by atoms with Crippen molar-refractivity contribution in [1.29, 1.82) is 0 Å². The van der Waals surface area contributed by atoms with Gasteiger partial charge in [0.25, 0.3) is 0 Å². The molecule has 0 atom stereocenters. The molecule has 4 heteroatoms. The minimum Gasteiger partial charge on any atom is -0.461 e. The number of nitrogens with zero attached hydrogens (tertiary/aromatic N) is 2. The van der Waals surface area contributed by atoms with Crippen molar-refractivity contribution < 1.29 is 9.53 Å². The zero-order chi connectivity index (χ0) is 13.7. The summed E-state index contributed by atoms with van der Waals surface area (Å²) in [5.74, 6) is -0.391. The quantitative estimate of drug-likeness (QED) is 0.790. The van der Waals surface area contributed by atoms with Gasteiger partial charge in [-0.15, -0.1) is 0 Å². The number of aromatic nitrogens is 2. The van der Waals surface area contributed by atoms with Gasteiger partial charge in [0, 0.05) is 7.05 Å². The van der Waals surface area contributed by atoms with E-state index in [-0.39, 0.29) is 0 Å². The number of carbonyl (C=O) groups excluding carboxylic acids is 1. The van der Waals surface area contributed by atoms with Gasteiger partial charge in [0.1, 0.15) is 0 Å². The molecule has 1 aromatic heterocycles. The van der Waals surface area contributed by atoms with Crippen LogP contribution in [0.15, 0.2) is 36.4 Å². The van der Waals surface area contributed by atoms with E-state index in [1.807, 2.05) is 42.5 Å². The van der Waals surface area contributed by atoms with Crippen molar-refractivity contribution in [2.45, 2.75) is 6.92 Å². The van der Waals surface area contributed by atoms with E-state index in [9.17, 15) is 4.79 Å². The fraction of sp³-hybridized carbons (Fsp3) is 0.200. The fourth-order valence-electron chi connectivity index (χ4n) is 1.69. The first-order valence-corrected chi connectivity index (χ1v) is 6.15. The summed E-state index contributed by atoms with van der Waals surface area (Å²) in [5, 5.41) is 4.13. The van der Waals surface area contributed by atoms with Crippen molar-refractivity contribution in [3.8, 4) is 0 Å². The van der Waals surface area contributed by atoms with E-state index in [2.05, 4.69) is 5.10 Å². The molecule has 0 saturated heterocycles. The zero-order valence-electron chi connectivity index (χ0n) is 11.0. The van der Waals surface area contributed by atoms with Crippen LogP contribution in [0.3, 0.4) is 0 Å². The molecule has 1 heterocycles. The summed E-state index contributed by atoms with van der Waals surface area (Å²) >= 11 is 0. The molecule has 4 nitrogen and oxygen atoms in total. The van der Waals surface area contributed by atoms with Gasteiger partial charge in [0.05, 0.1) is 12.3 Å². The molecule has 0 amide bonds. The van der Waals surface area contributed by atoms with Crippen molar-refractivity contribution in [1.82, 2.24) is 9.78 Å². The second-order valence-electron chi connectivity index (χ2n) is 4.04. The van der Waals surface area contributed by atoms with Crippen molar-refractivity contribution in [3.63, 3.8) is 0 Å². The maximum atomic E-state index is 11.6. The first-order valence-electron chi connectivity index (χ1n) is 6.15. The van der Waals surface area contributed by atoms with E-state index in [0.29, 0.717) is 12.3 Å². The van der Waals surface area contributed by atoms with Gasteiger partial charge in [-0.25, -0.2) is 4.79 Å². The third kappa shape index (κ3) is 3.31. The highest BCUT2D eigenvalue weighted by Gasteiger charge is 2.11. The Bertz CT molecular complexity index is 585. The minimum absolute atomic E-state index is 0.331. The largest absolute Gasteiger partial charge is 0.461 e. The SMILES string of the molecule is CCOC(=O)c1cc(C=Cc2ccccc2)n(C)n1. The van der Waals surface area contributed by atoms with Crippen LogP contribution < -0.4 is 0 Å². The molecular formula is C15H16N2O2. The molecule has 2 aromatic rings. The molecular weight excluding hydrogens is 240 g/mol. The van der Waals surface area contributed by atoms with Crippen LogP contribution in [-0.4, -0.2) is 22.4 Å². The molecule has 0 fully saturated rings. The maximum absolute atomic E-state index is 11.6. The van der Waals surface area contributed by atoms with Gasteiger partial charge in [-0.1, -0.05) is 36.4 Å². The first-order chi connectivity index (χ1) is 9.20. The van der Waals surface area contributed by atoms with E-state index in [4.69, 9.17) is 4.74 Å². The minimum atomic E-state index is -0.391. The van der Waals surface area contributed by atoms with E-state index in [0.717, 1.165) is 11.3 Å². The molecule has 0 aliphatic carbocycles. The Morgan fingerprint density at radius 2 is 2.05 bits per heavy atom. The highest BCUT2D eigenvalue weighted by Crippen LogP contribution is 2.10. The number of rotatable bonds is 4. The van der Waals surface area contributed by atoms with Crippen LogP contribution in [0.25, 0.3) is 12.2 Å². The third-order valence-corrected chi connectivity index (χ3v) is 2.65. The standard InChI is InChI=1S/C15H16N2O2/c1-3-19-15(18)14-11-13(17(2)16-14)10-9-12-7-5-4-6-8-12/h4-11H,3H2,1-2H3. The maximum Gasteiger partial charge on any atom is 0.358 e. The Balaban J connectivity index is 2.17. The summed E-state index contributed by atoms with van der Waals surface area (Å²) in [4.78, 5) is 11.6. The number of esters is 1. The molecule has 2 rings (SSSR count). The molecule has 0 aliphatic heterocycles. The molecule has 0 saturated carbocycles. The van der Waals surface area contributed by atoms with Crippen LogP contribution in [0.4, 0.5) is 0 Å². The Morgan fingerprint density at radius 3 is 2.74 bits per heavy atom. The van der Waals surface area contributed by atoms with Crippen molar-refractivity contribution in [2.24, 2.45) is 7.05 Å². The van der Waals surface area contributed by atoms with E-state index in [1.54, 1.807) is 24.7 Å². The normalized spacial score (nSPS) is 10.8. The number of benzene rings is 1. The summed E-state index contributed by atoms with van der Waals surface area (Å²) in [7, 11) is 1.80. The molecule has 0 N–H and O–H groups in total. The first kappa shape index (κ1) is 13.1. The molecule has 0 aliphatic rings. The Labute approximate surface area is 112 Å². The average Bonchev–Trinajstić information content (AvgIpc) is 2.79. The van der Waals surface area contributed by atoms with Gasteiger partial charge in [-0.05, 0) is 24.6 Å². The number of hydrogen-bond donors (Lipinski definition) is 0. The second kappa shape index (κ2) is 6.00. The van der Waals surface area contributed by atoms with Crippen LogP contribution >= 0.6 is 0 Å². The predicted octanol–water partition coefficient (Wildman–Crippen LogP) is 2.77. The lowest BCUT2D eigenvalue weighted by atomic mass is 10.2. The lowest BCUT2D eigenvalue weighted by molar-refractivity contribution is 0.0518. The molecule has 0 unspecified atom stereocenters. The van der Waals surface area contributed by atoms with Crippen molar-refractivity contribution in [3.05, 3.63) is 53.3 Å². The van der Waals surface area contributed by atoms with Crippen LogP contribution in [0.1, 0.15) is 28.7 Å². The predicted molar refractivity (Wildman–Crippen MR) is 74.5 cm³/mol. The molecule has 98 valence electrons. The van der Waals surface area contributed by atoms with Crippen LogP contribution in [0.2, 0.25) is 0 Å². The summed E-state index contributed by atoms with van der Waals surface area (Å²) in [6.45, 7) is 2.13. The Hall–Kier alpha value is -2.36. The number of aryl methyl sites for hydroxylation is 1. The van der Waals surface area contributed by atoms with E-state index >= 15 is 0 Å². The molecule has 1 aromatic carbocycles. The van der Waals surface area contributed by atoms with Crippen LogP contribution in [0, 0.1) is 0 Å². The monoisotopic (exact) mass is 256 g/mol. The van der Waals surface area contributed by atoms with Crippen LogP contribution in [-0.2, 0) is 11.8 Å². The van der Waals surface area contributed by atoms with Gasteiger partial charge >= 0.3 is 5.97 Å². The van der Waals surface area contributed by atoms with Crippen molar-refractivity contribution >= 4 is 18.1 Å². The van der Waals surface area contributed by atoms with E-state index < -0.39 is 5.97 Å². The van der Waals surface area contributed by atoms with E-state index in [1.165, 1.54) is 0 Å². The topological polar surface area (TPSA) is 44.1 Å². The van der Waals surface area contributed by atoms with Gasteiger partial charge < -0.3 is 4.74 Å². The third-order valence-electron chi connectivity index (χ3n) is 2.65. The smallest absolute Gasteiger partial charge is 0.358 e. The Morgan fingerprint density at radius 1 is 1.32 bits per heavy atom.